The number of pyridine rings is 1. The van der Waals surface area contributed by atoms with Crippen molar-refractivity contribution in [2.24, 2.45) is 5.92 Å². The number of rotatable bonds is 7. The van der Waals surface area contributed by atoms with E-state index in [1.54, 1.807) is 24.0 Å². The van der Waals surface area contributed by atoms with Gasteiger partial charge in [-0.2, -0.15) is 4.31 Å². The highest BCUT2D eigenvalue weighted by molar-refractivity contribution is 8.00. The summed E-state index contributed by atoms with van der Waals surface area (Å²) in [4.78, 5) is 33.0. The third kappa shape index (κ3) is 6.00. The number of sulfonamides is 1. The Kier molecular flexibility index (Phi) is 8.54. The van der Waals surface area contributed by atoms with E-state index >= 15 is 0 Å². The number of carbonyl (C=O) groups excluding carboxylic acids is 2. The van der Waals surface area contributed by atoms with E-state index in [0.717, 1.165) is 0 Å². The summed E-state index contributed by atoms with van der Waals surface area (Å²) in [6.45, 7) is 7.38. The molecule has 2 fully saturated rings. The maximum absolute atomic E-state index is 12.8. The van der Waals surface area contributed by atoms with Crippen LogP contribution in [0.4, 0.5) is 0 Å². The number of hydrogen-bond donors (Lipinski definition) is 0. The van der Waals surface area contributed by atoms with Gasteiger partial charge in [0, 0.05) is 45.5 Å². The molecule has 9 nitrogen and oxygen atoms in total. The fourth-order valence-corrected chi connectivity index (χ4v) is 6.09. The minimum Gasteiger partial charge on any atom is -0.466 e. The number of likely N-dealkylation sites (tertiary alicyclic amines) is 1. The van der Waals surface area contributed by atoms with Crippen molar-refractivity contribution in [2.75, 3.05) is 52.9 Å². The molecule has 1 atom stereocenters. The molecule has 0 N–H and O–H groups in total. The molecule has 2 saturated heterocycles. The van der Waals surface area contributed by atoms with E-state index in [1.165, 1.54) is 22.3 Å². The molecule has 1 aromatic heterocycles. The quantitative estimate of drug-likeness (QED) is 0.422. The maximum Gasteiger partial charge on any atom is 0.309 e. The van der Waals surface area contributed by atoms with Crippen LogP contribution in [0, 0.1) is 5.92 Å². The number of nitrogens with zero attached hydrogens (tertiary/aromatic N) is 4. The first-order chi connectivity index (χ1) is 15.2. The van der Waals surface area contributed by atoms with Crippen LogP contribution in [0.15, 0.2) is 28.3 Å². The molecular formula is C21H32N4O5S2. The van der Waals surface area contributed by atoms with Gasteiger partial charge < -0.3 is 14.5 Å². The van der Waals surface area contributed by atoms with Gasteiger partial charge >= 0.3 is 5.97 Å². The van der Waals surface area contributed by atoms with E-state index in [4.69, 9.17) is 4.74 Å². The van der Waals surface area contributed by atoms with Gasteiger partial charge in [-0.1, -0.05) is 11.8 Å². The number of carbonyl (C=O) groups is 2. The minimum atomic E-state index is -3.56. The first-order valence-electron chi connectivity index (χ1n) is 11.0. The number of ether oxygens (including phenoxy) is 1. The van der Waals surface area contributed by atoms with Crippen LogP contribution in [0.3, 0.4) is 0 Å². The Balaban J connectivity index is 1.54. The van der Waals surface area contributed by atoms with Crippen LogP contribution in [0.2, 0.25) is 0 Å². The number of amides is 1. The number of esters is 1. The molecule has 0 radical (unpaired) electrons. The van der Waals surface area contributed by atoms with E-state index in [9.17, 15) is 18.0 Å². The van der Waals surface area contributed by atoms with E-state index < -0.39 is 10.0 Å². The van der Waals surface area contributed by atoms with Gasteiger partial charge in [-0.3, -0.25) is 9.59 Å². The monoisotopic (exact) mass is 484 g/mol. The zero-order valence-corrected chi connectivity index (χ0v) is 20.5. The lowest BCUT2D eigenvalue weighted by atomic mass is 9.97. The standard InChI is InChI=1S/C21H32N4O5S2/c1-4-30-21(27)17-7-9-24(10-8-17)20(26)16(2)31-19-6-5-18(15-22-19)32(28,29)25-13-11-23(3)12-14-25/h5-6,15-17H,4,7-14H2,1-3H3/t16-/m0/s1. The van der Waals surface area contributed by atoms with E-state index in [2.05, 4.69) is 9.88 Å². The second kappa shape index (κ2) is 11.0. The highest BCUT2D eigenvalue weighted by Crippen LogP contribution is 2.27. The van der Waals surface area contributed by atoms with Crippen molar-refractivity contribution in [3.63, 3.8) is 0 Å². The average Bonchev–Trinajstić information content (AvgIpc) is 2.79. The van der Waals surface area contributed by atoms with Gasteiger partial charge in [-0.25, -0.2) is 13.4 Å². The largest absolute Gasteiger partial charge is 0.466 e. The van der Waals surface area contributed by atoms with Crippen LogP contribution in [0.1, 0.15) is 26.7 Å². The molecular weight excluding hydrogens is 452 g/mol. The summed E-state index contributed by atoms with van der Waals surface area (Å²) in [6, 6.07) is 3.22. The summed E-state index contributed by atoms with van der Waals surface area (Å²) in [5, 5.41) is 0.242. The number of likely N-dealkylation sites (N-methyl/N-ethyl adjacent to an activating group) is 1. The normalized spacial score (nSPS) is 20.2. The zero-order chi connectivity index (χ0) is 23.3. The third-order valence-electron chi connectivity index (χ3n) is 5.88. The Bertz CT molecular complexity index is 893. The lowest BCUT2D eigenvalue weighted by Crippen LogP contribution is -2.47. The summed E-state index contributed by atoms with van der Waals surface area (Å²) in [5.41, 5.74) is 0. The van der Waals surface area contributed by atoms with Gasteiger partial charge in [0.2, 0.25) is 15.9 Å². The Hall–Kier alpha value is -1.69. The summed E-state index contributed by atoms with van der Waals surface area (Å²) in [7, 11) is -1.58. The molecule has 0 spiro atoms. The molecule has 3 rings (SSSR count). The molecule has 11 heteroatoms. The van der Waals surface area contributed by atoms with Crippen LogP contribution in [-0.2, 0) is 24.3 Å². The summed E-state index contributed by atoms with van der Waals surface area (Å²) < 4.78 is 32.2. The first kappa shape index (κ1) is 24.9. The van der Waals surface area contributed by atoms with E-state index in [0.29, 0.717) is 63.7 Å². The summed E-state index contributed by atoms with van der Waals surface area (Å²) in [5.74, 6) is -0.329. The topological polar surface area (TPSA) is 100 Å². The predicted octanol–water partition coefficient (Wildman–Crippen LogP) is 1.30. The van der Waals surface area contributed by atoms with Crippen LogP contribution < -0.4 is 0 Å². The molecule has 2 aliphatic heterocycles. The Morgan fingerprint density at radius 2 is 1.81 bits per heavy atom. The van der Waals surface area contributed by atoms with Crippen molar-refractivity contribution >= 4 is 33.7 Å². The second-order valence-corrected chi connectivity index (χ2v) is 11.5. The van der Waals surface area contributed by atoms with E-state index in [1.807, 2.05) is 14.0 Å². The van der Waals surface area contributed by atoms with Gasteiger partial charge in [0.25, 0.3) is 0 Å². The Morgan fingerprint density at radius 3 is 2.38 bits per heavy atom. The van der Waals surface area contributed by atoms with Crippen molar-refractivity contribution in [3.8, 4) is 0 Å². The van der Waals surface area contributed by atoms with Crippen molar-refractivity contribution in [2.45, 2.75) is 41.9 Å². The van der Waals surface area contributed by atoms with Gasteiger partial charge in [0.15, 0.2) is 0 Å². The number of piperazine rings is 1. The van der Waals surface area contributed by atoms with Crippen LogP contribution in [0.25, 0.3) is 0 Å². The van der Waals surface area contributed by atoms with Crippen molar-refractivity contribution < 1.29 is 22.7 Å². The zero-order valence-electron chi connectivity index (χ0n) is 18.9. The molecule has 0 aromatic carbocycles. The number of thioether (sulfide) groups is 1. The fraction of sp³-hybridized carbons (Fsp3) is 0.667. The molecule has 178 valence electrons. The molecule has 0 unspecified atom stereocenters. The predicted molar refractivity (Wildman–Crippen MR) is 122 cm³/mol. The van der Waals surface area contributed by atoms with Gasteiger partial charge in [0.05, 0.1) is 22.8 Å². The first-order valence-corrected chi connectivity index (χ1v) is 13.3. The fourth-order valence-electron chi connectivity index (χ4n) is 3.85. The molecule has 2 aliphatic rings. The van der Waals surface area contributed by atoms with Crippen molar-refractivity contribution in [1.29, 1.82) is 0 Å². The van der Waals surface area contributed by atoms with Gasteiger partial charge in [-0.05, 0) is 45.9 Å². The lowest BCUT2D eigenvalue weighted by Gasteiger charge is -2.32. The lowest BCUT2D eigenvalue weighted by molar-refractivity contribution is -0.151. The number of aromatic nitrogens is 1. The third-order valence-corrected chi connectivity index (χ3v) is 8.80. The van der Waals surface area contributed by atoms with Crippen LogP contribution >= 0.6 is 11.8 Å². The average molecular weight is 485 g/mol. The number of hydrogen-bond acceptors (Lipinski definition) is 8. The Morgan fingerprint density at radius 1 is 1.16 bits per heavy atom. The minimum absolute atomic E-state index is 0.00626. The van der Waals surface area contributed by atoms with Gasteiger partial charge in [0.1, 0.15) is 4.90 Å². The van der Waals surface area contributed by atoms with Gasteiger partial charge in [-0.15, -0.1) is 0 Å². The van der Waals surface area contributed by atoms with Crippen LogP contribution in [0.5, 0.6) is 0 Å². The van der Waals surface area contributed by atoms with Crippen molar-refractivity contribution in [3.05, 3.63) is 18.3 Å². The second-order valence-electron chi connectivity index (χ2n) is 8.15. The summed E-state index contributed by atoms with van der Waals surface area (Å²) >= 11 is 1.31. The molecule has 1 aromatic rings. The van der Waals surface area contributed by atoms with Crippen LogP contribution in [-0.4, -0.2) is 97.6 Å². The molecule has 0 bridgehead atoms. The SMILES string of the molecule is CCOC(=O)C1CCN(C(=O)[C@H](C)Sc2ccc(S(=O)(=O)N3CCN(C)CC3)cn2)CC1. The summed E-state index contributed by atoms with van der Waals surface area (Å²) in [6.07, 6.45) is 2.59. The smallest absolute Gasteiger partial charge is 0.309 e. The number of piperidine rings is 1. The van der Waals surface area contributed by atoms with Crippen molar-refractivity contribution in [1.82, 2.24) is 19.1 Å². The van der Waals surface area contributed by atoms with E-state index in [-0.39, 0.29) is 27.9 Å². The highest BCUT2D eigenvalue weighted by atomic mass is 32.2. The molecule has 0 saturated carbocycles. The Labute approximate surface area is 194 Å². The maximum atomic E-state index is 12.8. The molecule has 3 heterocycles. The molecule has 32 heavy (non-hydrogen) atoms. The molecule has 1 amide bonds. The molecule has 0 aliphatic carbocycles. The highest BCUT2D eigenvalue weighted by Gasteiger charge is 2.31.